The Hall–Kier alpha value is -3.45. The van der Waals surface area contributed by atoms with Gasteiger partial charge in [-0.05, 0) is 41.2 Å². The van der Waals surface area contributed by atoms with Crippen LogP contribution in [0.25, 0.3) is 10.8 Å². The van der Waals surface area contributed by atoms with Crippen molar-refractivity contribution >= 4 is 45.7 Å². The van der Waals surface area contributed by atoms with Crippen LogP contribution >= 0.6 is 12.2 Å². The van der Waals surface area contributed by atoms with Gasteiger partial charge in [-0.3, -0.25) is 10.1 Å². The zero-order valence-electron chi connectivity index (χ0n) is 13.4. The molecule has 0 unspecified atom stereocenters. The van der Waals surface area contributed by atoms with Crippen LogP contribution in [-0.4, -0.2) is 27.2 Å². The van der Waals surface area contributed by atoms with Gasteiger partial charge in [0.25, 0.3) is 5.91 Å². The molecule has 0 saturated heterocycles. The second kappa shape index (κ2) is 7.20. The van der Waals surface area contributed by atoms with E-state index in [0.717, 1.165) is 10.8 Å². The quantitative estimate of drug-likeness (QED) is 0.531. The minimum absolute atomic E-state index is 0.0328. The van der Waals surface area contributed by atoms with E-state index in [9.17, 15) is 14.7 Å². The molecule has 7 heteroatoms. The summed E-state index contributed by atoms with van der Waals surface area (Å²) in [5, 5.41) is 25.7. The number of aromatic carboxylic acids is 1. The van der Waals surface area contributed by atoms with E-state index in [1.54, 1.807) is 12.1 Å². The number of nitrogens with one attached hydrogen (secondary N) is 2. The van der Waals surface area contributed by atoms with Gasteiger partial charge in [-0.15, -0.1) is 0 Å². The summed E-state index contributed by atoms with van der Waals surface area (Å²) in [6, 6.07) is 16.8. The first kappa shape index (κ1) is 17.4. The summed E-state index contributed by atoms with van der Waals surface area (Å²) in [7, 11) is 0. The van der Waals surface area contributed by atoms with Crippen LogP contribution in [-0.2, 0) is 0 Å². The summed E-state index contributed by atoms with van der Waals surface area (Å²) < 4.78 is 0. The number of carboxylic acids is 1. The number of carbonyl (C=O) groups excluding carboxylic acids is 1. The number of rotatable bonds is 3. The summed E-state index contributed by atoms with van der Waals surface area (Å²) in [6.07, 6.45) is 0. The fraction of sp³-hybridized carbons (Fsp3) is 0. The van der Waals surface area contributed by atoms with Gasteiger partial charge >= 0.3 is 5.97 Å². The molecule has 3 aromatic rings. The largest absolute Gasteiger partial charge is 0.507 e. The van der Waals surface area contributed by atoms with E-state index in [0.29, 0.717) is 11.3 Å². The van der Waals surface area contributed by atoms with Crippen molar-refractivity contribution in [2.75, 3.05) is 5.32 Å². The predicted octanol–water partition coefficient (Wildman–Crippen LogP) is 3.37. The zero-order valence-corrected chi connectivity index (χ0v) is 14.2. The van der Waals surface area contributed by atoms with Crippen molar-refractivity contribution in [1.29, 1.82) is 0 Å². The van der Waals surface area contributed by atoms with Crippen molar-refractivity contribution in [3.05, 3.63) is 71.8 Å². The summed E-state index contributed by atoms with van der Waals surface area (Å²) in [5.41, 5.74) is 0.619. The van der Waals surface area contributed by atoms with E-state index in [-0.39, 0.29) is 16.6 Å². The molecule has 0 fully saturated rings. The lowest BCUT2D eigenvalue weighted by Crippen LogP contribution is -2.34. The molecule has 0 radical (unpaired) electrons. The lowest BCUT2D eigenvalue weighted by molar-refractivity contribution is 0.0693. The Morgan fingerprint density at radius 3 is 2.38 bits per heavy atom. The van der Waals surface area contributed by atoms with Crippen LogP contribution in [0.15, 0.2) is 60.7 Å². The Balaban J connectivity index is 1.74. The topological polar surface area (TPSA) is 98.7 Å². The van der Waals surface area contributed by atoms with Crippen LogP contribution in [0.3, 0.4) is 0 Å². The third kappa shape index (κ3) is 3.62. The molecule has 0 atom stereocenters. The molecular weight excluding hydrogens is 352 g/mol. The lowest BCUT2D eigenvalue weighted by atomic mass is 10.0. The average Bonchev–Trinajstić information content (AvgIpc) is 2.60. The van der Waals surface area contributed by atoms with Crippen molar-refractivity contribution in [1.82, 2.24) is 5.32 Å². The van der Waals surface area contributed by atoms with E-state index in [1.807, 2.05) is 30.3 Å². The van der Waals surface area contributed by atoms with Crippen molar-refractivity contribution in [2.45, 2.75) is 0 Å². The molecule has 3 rings (SSSR count). The number of thiocarbonyl (C=S) groups is 1. The van der Waals surface area contributed by atoms with Crippen molar-refractivity contribution in [3.8, 4) is 5.75 Å². The van der Waals surface area contributed by atoms with Gasteiger partial charge in [0.05, 0.1) is 0 Å². The monoisotopic (exact) mass is 366 g/mol. The molecule has 1 amide bonds. The molecule has 130 valence electrons. The third-order valence-electron chi connectivity index (χ3n) is 3.75. The van der Waals surface area contributed by atoms with Crippen molar-refractivity contribution < 1.29 is 19.8 Å². The maximum Gasteiger partial charge on any atom is 0.339 e. The summed E-state index contributed by atoms with van der Waals surface area (Å²) >= 11 is 5.12. The van der Waals surface area contributed by atoms with Crippen molar-refractivity contribution in [2.24, 2.45) is 0 Å². The Morgan fingerprint density at radius 2 is 1.65 bits per heavy atom. The fourth-order valence-corrected chi connectivity index (χ4v) is 2.76. The highest BCUT2D eigenvalue weighted by Crippen LogP contribution is 2.22. The Bertz CT molecular complexity index is 1030. The summed E-state index contributed by atoms with van der Waals surface area (Å²) in [4.78, 5) is 23.4. The average molecular weight is 366 g/mol. The molecule has 0 aliphatic heterocycles. The SMILES string of the molecule is O=C(O)c1ccc(NC(=S)NC(=O)c2cccc3ccccc23)cc1O. The highest BCUT2D eigenvalue weighted by atomic mass is 32.1. The van der Waals surface area contributed by atoms with Gasteiger partial charge in [-0.1, -0.05) is 36.4 Å². The fourth-order valence-electron chi connectivity index (χ4n) is 2.55. The summed E-state index contributed by atoms with van der Waals surface area (Å²) in [5.74, 6) is -2.00. The number of carbonyl (C=O) groups is 2. The Labute approximate surface area is 154 Å². The Morgan fingerprint density at radius 1 is 0.923 bits per heavy atom. The van der Waals surface area contributed by atoms with Crippen LogP contribution in [0, 0.1) is 0 Å². The second-order valence-corrected chi connectivity index (χ2v) is 5.88. The van der Waals surface area contributed by atoms with E-state index < -0.39 is 11.7 Å². The molecule has 0 bridgehead atoms. The van der Waals surface area contributed by atoms with E-state index in [2.05, 4.69) is 10.6 Å². The molecule has 0 saturated carbocycles. The molecule has 3 aromatic carbocycles. The first-order valence-corrected chi connectivity index (χ1v) is 8.03. The first-order valence-electron chi connectivity index (χ1n) is 7.62. The van der Waals surface area contributed by atoms with Crippen LogP contribution in [0.5, 0.6) is 5.75 Å². The number of benzene rings is 3. The van der Waals surface area contributed by atoms with E-state index in [4.69, 9.17) is 17.3 Å². The minimum Gasteiger partial charge on any atom is -0.507 e. The molecule has 0 heterocycles. The van der Waals surface area contributed by atoms with Gasteiger partial charge in [-0.25, -0.2) is 4.79 Å². The number of amides is 1. The van der Waals surface area contributed by atoms with Gasteiger partial charge in [0.15, 0.2) is 5.11 Å². The first-order chi connectivity index (χ1) is 12.5. The number of carboxylic acid groups (broad SMARTS) is 1. The predicted molar refractivity (Wildman–Crippen MR) is 103 cm³/mol. The van der Waals surface area contributed by atoms with Crippen molar-refractivity contribution in [3.63, 3.8) is 0 Å². The third-order valence-corrected chi connectivity index (χ3v) is 3.95. The molecule has 0 spiro atoms. The maximum absolute atomic E-state index is 12.5. The smallest absolute Gasteiger partial charge is 0.339 e. The highest BCUT2D eigenvalue weighted by Gasteiger charge is 2.13. The van der Waals surface area contributed by atoms with Gasteiger partial charge < -0.3 is 15.5 Å². The van der Waals surface area contributed by atoms with Gasteiger partial charge in [0, 0.05) is 17.3 Å². The zero-order chi connectivity index (χ0) is 18.7. The van der Waals surface area contributed by atoms with E-state index in [1.165, 1.54) is 18.2 Å². The number of aromatic hydroxyl groups is 1. The number of fused-ring (bicyclic) bond motifs is 1. The molecule has 0 aliphatic rings. The maximum atomic E-state index is 12.5. The number of hydrogen-bond acceptors (Lipinski definition) is 4. The molecule has 6 nitrogen and oxygen atoms in total. The molecule has 0 aromatic heterocycles. The van der Waals surface area contributed by atoms with Crippen LogP contribution in [0.4, 0.5) is 5.69 Å². The standard InChI is InChI=1S/C19H14N2O4S/c22-16-10-12(8-9-15(16)18(24)25)20-19(26)21-17(23)14-7-3-5-11-4-1-2-6-13(11)14/h1-10,22H,(H,24,25)(H2,20,21,23,26). The molecule has 0 aliphatic carbocycles. The second-order valence-electron chi connectivity index (χ2n) is 5.47. The van der Waals surface area contributed by atoms with Crippen LogP contribution in [0.1, 0.15) is 20.7 Å². The number of anilines is 1. The van der Waals surface area contributed by atoms with Gasteiger partial charge in [0.1, 0.15) is 11.3 Å². The van der Waals surface area contributed by atoms with Crippen LogP contribution in [0.2, 0.25) is 0 Å². The highest BCUT2D eigenvalue weighted by molar-refractivity contribution is 7.80. The molecular formula is C19H14N2O4S. The van der Waals surface area contributed by atoms with Gasteiger partial charge in [0.2, 0.25) is 0 Å². The van der Waals surface area contributed by atoms with Crippen LogP contribution < -0.4 is 10.6 Å². The normalized spacial score (nSPS) is 10.3. The van der Waals surface area contributed by atoms with Gasteiger partial charge in [-0.2, -0.15) is 0 Å². The minimum atomic E-state index is -1.24. The molecule has 26 heavy (non-hydrogen) atoms. The number of phenols is 1. The number of hydrogen-bond donors (Lipinski definition) is 4. The Kier molecular flexibility index (Phi) is 4.81. The lowest BCUT2D eigenvalue weighted by Gasteiger charge is -2.11. The van der Waals surface area contributed by atoms with E-state index >= 15 is 0 Å². The molecule has 4 N–H and O–H groups in total. The summed E-state index contributed by atoms with van der Waals surface area (Å²) in [6.45, 7) is 0.